The van der Waals surface area contributed by atoms with Crippen LogP contribution >= 0.6 is 11.3 Å². The maximum absolute atomic E-state index is 11.8. The summed E-state index contributed by atoms with van der Waals surface area (Å²) in [6, 6.07) is 7.90. The molecule has 0 radical (unpaired) electrons. The zero-order valence-corrected chi connectivity index (χ0v) is 13.3. The molecule has 1 aliphatic heterocycles. The zero-order valence-electron chi connectivity index (χ0n) is 12.5. The summed E-state index contributed by atoms with van der Waals surface area (Å²) in [6.07, 6.45) is 0.933. The van der Waals surface area contributed by atoms with Crippen molar-refractivity contribution in [2.75, 3.05) is 13.2 Å². The lowest BCUT2D eigenvalue weighted by atomic mass is 9.97. The van der Waals surface area contributed by atoms with Crippen molar-refractivity contribution in [3.8, 4) is 5.75 Å². The largest absolute Gasteiger partial charge is 0.493 e. The molecule has 0 aliphatic carbocycles. The first-order chi connectivity index (χ1) is 10.7. The molecule has 3 rings (SSSR count). The summed E-state index contributed by atoms with van der Waals surface area (Å²) in [7, 11) is 0. The fraction of sp³-hybridized carbons (Fsp3) is 0.375. The topological polar surface area (TPSA) is 63.2 Å². The highest BCUT2D eigenvalue weighted by atomic mass is 32.1. The van der Waals surface area contributed by atoms with Crippen LogP contribution in [-0.4, -0.2) is 24.2 Å². The minimum Gasteiger partial charge on any atom is -0.493 e. The maximum Gasteiger partial charge on any atom is 0.315 e. The number of hydrogen-bond donors (Lipinski definition) is 2. The third kappa shape index (κ3) is 3.76. The Morgan fingerprint density at radius 2 is 2.27 bits per heavy atom. The molecule has 5 nitrogen and oxygen atoms in total. The smallest absolute Gasteiger partial charge is 0.315 e. The quantitative estimate of drug-likeness (QED) is 0.911. The molecule has 6 heteroatoms. The van der Waals surface area contributed by atoms with E-state index in [-0.39, 0.29) is 6.03 Å². The van der Waals surface area contributed by atoms with Gasteiger partial charge < -0.3 is 15.4 Å². The number of urea groups is 1. The predicted molar refractivity (Wildman–Crippen MR) is 86.2 cm³/mol. The first-order valence-electron chi connectivity index (χ1n) is 7.34. The Balaban J connectivity index is 1.42. The lowest BCUT2D eigenvalue weighted by Crippen LogP contribution is -2.40. The van der Waals surface area contributed by atoms with E-state index in [1.165, 1.54) is 5.56 Å². The average molecular weight is 317 g/mol. The summed E-state index contributed by atoms with van der Waals surface area (Å²) < 4.78 is 5.72. The van der Waals surface area contributed by atoms with Crippen molar-refractivity contribution in [2.45, 2.75) is 19.9 Å². The minimum atomic E-state index is -0.160. The maximum atomic E-state index is 11.8. The number of carbonyl (C=O) groups is 1. The minimum absolute atomic E-state index is 0.160. The van der Waals surface area contributed by atoms with Crippen LogP contribution in [0.4, 0.5) is 4.79 Å². The molecule has 116 valence electrons. The van der Waals surface area contributed by atoms with Gasteiger partial charge in [-0.2, -0.15) is 0 Å². The van der Waals surface area contributed by atoms with Gasteiger partial charge in [0, 0.05) is 23.5 Å². The fourth-order valence-electron chi connectivity index (χ4n) is 2.46. The summed E-state index contributed by atoms with van der Waals surface area (Å²) in [5, 5.41) is 8.63. The van der Waals surface area contributed by atoms with Gasteiger partial charge >= 0.3 is 6.03 Å². The number of rotatable bonds is 4. The first kappa shape index (κ1) is 14.8. The van der Waals surface area contributed by atoms with Gasteiger partial charge in [-0.15, -0.1) is 11.3 Å². The molecule has 2 heterocycles. The second kappa shape index (κ2) is 6.79. The molecular weight excluding hydrogens is 298 g/mol. The molecule has 1 aromatic carbocycles. The molecule has 2 aromatic rings. The van der Waals surface area contributed by atoms with Crippen LogP contribution in [0.5, 0.6) is 5.75 Å². The van der Waals surface area contributed by atoms with Gasteiger partial charge in [-0.25, -0.2) is 9.78 Å². The number of nitrogens with one attached hydrogen (secondary N) is 2. The van der Waals surface area contributed by atoms with E-state index in [0.29, 0.717) is 25.6 Å². The molecule has 2 amide bonds. The van der Waals surface area contributed by atoms with E-state index in [9.17, 15) is 4.79 Å². The number of amides is 2. The Morgan fingerprint density at radius 1 is 1.41 bits per heavy atom. The van der Waals surface area contributed by atoms with Crippen LogP contribution in [0.3, 0.4) is 0 Å². The molecule has 22 heavy (non-hydrogen) atoms. The molecule has 2 N–H and O–H groups in total. The number of benzene rings is 1. The molecular formula is C16H19N3O2S. The number of hydrogen-bond acceptors (Lipinski definition) is 4. The van der Waals surface area contributed by atoms with Crippen LogP contribution in [-0.2, 0) is 13.0 Å². The Morgan fingerprint density at radius 3 is 3.09 bits per heavy atom. The number of nitrogens with zero attached hydrogens (tertiary/aromatic N) is 1. The van der Waals surface area contributed by atoms with Crippen molar-refractivity contribution in [1.29, 1.82) is 0 Å². The summed E-state index contributed by atoms with van der Waals surface area (Å²) in [5.41, 5.74) is 2.19. The Kier molecular flexibility index (Phi) is 4.58. The Bertz CT molecular complexity index is 656. The SMILES string of the molecule is Cc1csc(CNC(=O)NC[C@H]2COc3ccccc3C2)n1. The second-order valence-electron chi connectivity index (χ2n) is 5.44. The molecule has 1 atom stereocenters. The van der Waals surface area contributed by atoms with Crippen LogP contribution < -0.4 is 15.4 Å². The van der Waals surface area contributed by atoms with E-state index in [1.807, 2.05) is 30.5 Å². The molecule has 1 aliphatic rings. The second-order valence-corrected chi connectivity index (χ2v) is 6.38. The standard InChI is InChI=1S/C16H19N3O2S/c1-11-10-22-15(19-11)8-18-16(20)17-7-12-6-13-4-2-3-5-14(13)21-9-12/h2-5,10,12H,6-9H2,1H3,(H2,17,18,20)/t12-/m0/s1. The van der Waals surface area contributed by atoms with Crippen molar-refractivity contribution in [3.05, 3.63) is 45.9 Å². The molecule has 0 saturated heterocycles. The Labute approximate surface area is 133 Å². The van der Waals surface area contributed by atoms with E-state index in [1.54, 1.807) is 11.3 Å². The number of thiazole rings is 1. The number of aryl methyl sites for hydroxylation is 1. The first-order valence-corrected chi connectivity index (χ1v) is 8.22. The lowest BCUT2D eigenvalue weighted by Gasteiger charge is -2.25. The van der Waals surface area contributed by atoms with E-state index in [0.717, 1.165) is 22.9 Å². The number of aromatic nitrogens is 1. The normalized spacial score (nSPS) is 16.5. The summed E-state index contributed by atoms with van der Waals surface area (Å²) in [6.45, 7) is 3.66. The van der Waals surface area contributed by atoms with Crippen LogP contribution in [0, 0.1) is 12.8 Å². The van der Waals surface area contributed by atoms with Gasteiger partial charge in [-0.1, -0.05) is 18.2 Å². The van der Waals surface area contributed by atoms with E-state index in [2.05, 4.69) is 21.7 Å². The highest BCUT2D eigenvalue weighted by molar-refractivity contribution is 7.09. The summed E-state index contributed by atoms with van der Waals surface area (Å²) in [5.74, 6) is 1.27. The number of carbonyl (C=O) groups excluding carboxylic acids is 1. The van der Waals surface area contributed by atoms with Crippen LogP contribution in [0.15, 0.2) is 29.6 Å². The zero-order chi connectivity index (χ0) is 15.4. The van der Waals surface area contributed by atoms with Gasteiger partial charge in [-0.05, 0) is 25.0 Å². The third-order valence-corrected chi connectivity index (χ3v) is 4.54. The third-order valence-electron chi connectivity index (χ3n) is 3.57. The highest BCUT2D eigenvalue weighted by Crippen LogP contribution is 2.26. The van der Waals surface area contributed by atoms with Gasteiger partial charge in [0.2, 0.25) is 0 Å². The van der Waals surface area contributed by atoms with Crippen molar-refractivity contribution >= 4 is 17.4 Å². The number of fused-ring (bicyclic) bond motifs is 1. The van der Waals surface area contributed by atoms with Gasteiger partial charge in [0.05, 0.1) is 13.2 Å². The van der Waals surface area contributed by atoms with E-state index < -0.39 is 0 Å². The molecule has 0 spiro atoms. The van der Waals surface area contributed by atoms with Crippen molar-refractivity contribution in [2.24, 2.45) is 5.92 Å². The van der Waals surface area contributed by atoms with Crippen molar-refractivity contribution in [1.82, 2.24) is 15.6 Å². The average Bonchev–Trinajstić information content (AvgIpc) is 2.96. The van der Waals surface area contributed by atoms with E-state index >= 15 is 0 Å². The molecule has 0 fully saturated rings. The van der Waals surface area contributed by atoms with E-state index in [4.69, 9.17) is 4.74 Å². The highest BCUT2D eigenvalue weighted by Gasteiger charge is 2.19. The Hall–Kier alpha value is -2.08. The van der Waals surface area contributed by atoms with Crippen LogP contribution in [0.2, 0.25) is 0 Å². The molecule has 0 saturated carbocycles. The summed E-state index contributed by atoms with van der Waals surface area (Å²) >= 11 is 1.56. The van der Waals surface area contributed by atoms with Gasteiger partial charge in [0.1, 0.15) is 10.8 Å². The monoisotopic (exact) mass is 317 g/mol. The molecule has 0 bridgehead atoms. The van der Waals surface area contributed by atoms with Gasteiger partial charge in [-0.3, -0.25) is 0 Å². The van der Waals surface area contributed by atoms with Gasteiger partial charge in [0.15, 0.2) is 0 Å². The summed E-state index contributed by atoms with van der Waals surface area (Å²) in [4.78, 5) is 16.1. The molecule has 0 unspecified atom stereocenters. The number of ether oxygens (including phenoxy) is 1. The predicted octanol–water partition coefficient (Wildman–Crippen LogP) is 2.50. The van der Waals surface area contributed by atoms with Crippen LogP contribution in [0.1, 0.15) is 16.3 Å². The van der Waals surface area contributed by atoms with Crippen molar-refractivity contribution in [3.63, 3.8) is 0 Å². The lowest BCUT2D eigenvalue weighted by molar-refractivity contribution is 0.211. The fourth-order valence-corrected chi connectivity index (χ4v) is 3.17. The van der Waals surface area contributed by atoms with Crippen LogP contribution in [0.25, 0.3) is 0 Å². The number of para-hydroxylation sites is 1. The molecule has 1 aromatic heterocycles. The van der Waals surface area contributed by atoms with Crippen molar-refractivity contribution < 1.29 is 9.53 Å². The van der Waals surface area contributed by atoms with Gasteiger partial charge in [0.25, 0.3) is 0 Å².